The number of fused-ring (bicyclic) bond motifs is 13. The summed E-state index contributed by atoms with van der Waals surface area (Å²) in [4.78, 5) is 40.7. The minimum atomic E-state index is 0.704. The Balaban J connectivity index is 0.000000143. The van der Waals surface area contributed by atoms with Crippen molar-refractivity contribution in [3.63, 3.8) is 0 Å². The molecule has 8 heteroatoms. The summed E-state index contributed by atoms with van der Waals surface area (Å²) in [6, 6.07) is 127. The molecule has 0 aliphatic heterocycles. The molecule has 0 bridgehead atoms. The van der Waals surface area contributed by atoms with Gasteiger partial charge in [0.25, 0.3) is 0 Å². The summed E-state index contributed by atoms with van der Waals surface area (Å²) in [5.41, 5.74) is 22.4. The lowest BCUT2D eigenvalue weighted by Crippen LogP contribution is -1.95. The summed E-state index contributed by atoms with van der Waals surface area (Å²) >= 11 is 0. The molecule has 0 saturated heterocycles. The number of hydrogen-bond donors (Lipinski definition) is 0. The highest BCUT2D eigenvalue weighted by Crippen LogP contribution is 2.39. The molecule has 8 nitrogen and oxygen atoms in total. The lowest BCUT2D eigenvalue weighted by atomic mass is 9.93. The van der Waals surface area contributed by atoms with Gasteiger partial charge in [-0.3, -0.25) is 0 Å². The minimum Gasteiger partial charge on any atom is -0.248 e. The largest absolute Gasteiger partial charge is 0.248 e. The molecule has 0 aliphatic carbocycles. The van der Waals surface area contributed by atoms with Crippen LogP contribution in [0.15, 0.2) is 364 Å². The van der Waals surface area contributed by atoms with Crippen molar-refractivity contribution in [1.82, 2.24) is 39.9 Å². The highest BCUT2D eigenvalue weighted by atomic mass is 14.9. The molecular formula is C98H60N8. The van der Waals surface area contributed by atoms with E-state index in [4.69, 9.17) is 39.9 Å². The second kappa shape index (κ2) is 25.9. The van der Waals surface area contributed by atoms with Gasteiger partial charge in [0.1, 0.15) is 0 Å². The molecule has 0 radical (unpaired) electrons. The summed E-state index contributed by atoms with van der Waals surface area (Å²) in [6.07, 6.45) is 0. The van der Waals surface area contributed by atoms with Crippen LogP contribution >= 0.6 is 0 Å². The van der Waals surface area contributed by atoms with E-state index in [1.54, 1.807) is 0 Å². The first-order valence-corrected chi connectivity index (χ1v) is 35.7. The zero-order chi connectivity index (χ0) is 70.0. The highest BCUT2D eigenvalue weighted by Gasteiger charge is 2.17. The Morgan fingerprint density at radius 3 is 1.00 bits per heavy atom. The Labute approximate surface area is 610 Å². The minimum absolute atomic E-state index is 0.704. The van der Waals surface area contributed by atoms with Gasteiger partial charge in [0.2, 0.25) is 0 Å². The van der Waals surface area contributed by atoms with Crippen molar-refractivity contribution < 1.29 is 0 Å². The molecule has 0 N–H and O–H groups in total. The fourth-order valence-corrected chi connectivity index (χ4v) is 14.9. The van der Waals surface area contributed by atoms with Gasteiger partial charge in [0.05, 0.1) is 78.7 Å². The Hall–Kier alpha value is -14.3. The van der Waals surface area contributed by atoms with Gasteiger partial charge in [-0.2, -0.15) is 0 Å². The zero-order valence-corrected chi connectivity index (χ0v) is 57.2. The van der Waals surface area contributed by atoms with E-state index in [1.165, 1.54) is 37.9 Å². The summed E-state index contributed by atoms with van der Waals surface area (Å²) < 4.78 is 0. The lowest BCUT2D eigenvalue weighted by Gasteiger charge is -2.12. The first-order chi connectivity index (χ1) is 52.4. The van der Waals surface area contributed by atoms with Crippen molar-refractivity contribution >= 4 is 109 Å². The van der Waals surface area contributed by atoms with Gasteiger partial charge in [0.15, 0.2) is 5.82 Å². The molecule has 0 aliphatic rings. The maximum Gasteiger partial charge on any atom is 0.160 e. The van der Waals surface area contributed by atoms with E-state index in [1.807, 2.05) is 36.4 Å². The number of hydrogen-bond acceptors (Lipinski definition) is 8. The number of nitrogens with zero attached hydrogens (tertiary/aromatic N) is 8. The number of benzene rings is 14. The summed E-state index contributed by atoms with van der Waals surface area (Å²) in [6.45, 7) is 0. The number of aromatic nitrogens is 8. The van der Waals surface area contributed by atoms with Crippen LogP contribution in [0.25, 0.3) is 210 Å². The molecule has 21 rings (SSSR count). The van der Waals surface area contributed by atoms with E-state index < -0.39 is 0 Å². The summed E-state index contributed by atoms with van der Waals surface area (Å²) in [7, 11) is 0. The van der Waals surface area contributed by atoms with Gasteiger partial charge in [-0.05, 0) is 127 Å². The SMILES string of the molecule is c1ccc(-c2cc(-c3ccc(-c4ccc5ccc(-c6ccc7ccc(-c8ccc9ccc%10ccccc%10c9n8)nc7c6)nc5c4)cc3)nc(-c3ccccc3)n2)cc1.c1ccc2c(c1)cc(-c1ccc3ccc(-c4ccc5ccc(-c6ccc7ccc8ccccc8c7n6)nc5c4)nc3c1)c1ccccc12. The van der Waals surface area contributed by atoms with Crippen LogP contribution in [0.3, 0.4) is 0 Å². The predicted molar refractivity (Wildman–Crippen MR) is 439 cm³/mol. The molecule has 0 fully saturated rings. The Bertz CT molecular complexity index is 7030. The Morgan fingerprint density at radius 2 is 0.472 bits per heavy atom. The predicted octanol–water partition coefficient (Wildman–Crippen LogP) is 25.1. The molecule has 14 aromatic carbocycles. The van der Waals surface area contributed by atoms with Gasteiger partial charge in [-0.1, -0.05) is 291 Å². The highest BCUT2D eigenvalue weighted by molar-refractivity contribution is 6.14. The van der Waals surface area contributed by atoms with Crippen LogP contribution in [0.2, 0.25) is 0 Å². The standard InChI is InChI=1S/C53H33N5.C45H27N3/c1-3-10-36(11-4-1)50-33-51(58-53(57-50)41-12-5-2-6-13-41)37-18-15-34(16-19-37)42-23-20-38-25-28-45(54-48(38)31-42)43-24-21-39-26-29-46(55-49(39)32-43)47-30-27-40-22-17-35-9-7-8-14-44(35)52(40)56-47;1-4-10-36-28(7-1)13-16-31-21-24-42(48-45(31)36)41-23-20-30-15-18-34(27-44(30)47-41)40-22-19-29-14-17-33(26-43(29)46-40)39-25-32-8-2-3-9-35(32)37-11-5-6-12-38(37)39/h1-33H;1-27H. The van der Waals surface area contributed by atoms with E-state index in [0.29, 0.717) is 5.82 Å². The van der Waals surface area contributed by atoms with Crippen molar-refractivity contribution in [3.8, 4) is 101 Å². The van der Waals surface area contributed by atoms with Crippen LogP contribution in [-0.4, -0.2) is 39.9 Å². The fourth-order valence-electron chi connectivity index (χ4n) is 14.9. The van der Waals surface area contributed by atoms with Crippen LogP contribution in [0.5, 0.6) is 0 Å². The van der Waals surface area contributed by atoms with E-state index in [-0.39, 0.29) is 0 Å². The topological polar surface area (TPSA) is 103 Å². The second-order valence-electron chi connectivity index (χ2n) is 27.0. The summed E-state index contributed by atoms with van der Waals surface area (Å²) in [5.74, 6) is 0.704. The Kier molecular flexibility index (Phi) is 15.0. The van der Waals surface area contributed by atoms with Crippen molar-refractivity contribution in [2.45, 2.75) is 0 Å². The molecule has 7 aromatic heterocycles. The maximum atomic E-state index is 5.18. The van der Waals surface area contributed by atoms with Gasteiger partial charge in [0, 0.05) is 70.9 Å². The van der Waals surface area contributed by atoms with Crippen molar-refractivity contribution in [1.29, 1.82) is 0 Å². The lowest BCUT2D eigenvalue weighted by molar-refractivity contribution is 1.18. The first-order valence-electron chi connectivity index (χ1n) is 35.7. The normalized spacial score (nSPS) is 11.6. The molecule has 0 unspecified atom stereocenters. The molecule has 492 valence electrons. The smallest absolute Gasteiger partial charge is 0.160 e. The molecule has 0 saturated carbocycles. The molecule has 0 amide bonds. The van der Waals surface area contributed by atoms with Crippen molar-refractivity contribution in [2.75, 3.05) is 0 Å². The van der Waals surface area contributed by atoms with Crippen LogP contribution in [-0.2, 0) is 0 Å². The van der Waals surface area contributed by atoms with E-state index in [9.17, 15) is 0 Å². The first kappa shape index (κ1) is 61.5. The third-order valence-electron chi connectivity index (χ3n) is 20.5. The molecule has 106 heavy (non-hydrogen) atoms. The fraction of sp³-hybridized carbons (Fsp3) is 0. The average Bonchev–Trinajstić information content (AvgIpc) is 0.768. The van der Waals surface area contributed by atoms with E-state index in [2.05, 4.69) is 328 Å². The number of pyridine rings is 6. The van der Waals surface area contributed by atoms with Gasteiger partial charge < -0.3 is 0 Å². The van der Waals surface area contributed by atoms with Gasteiger partial charge in [-0.15, -0.1) is 0 Å². The quantitative estimate of drug-likeness (QED) is 0.132. The van der Waals surface area contributed by atoms with Gasteiger partial charge >= 0.3 is 0 Å². The summed E-state index contributed by atoms with van der Waals surface area (Å²) in [5, 5.41) is 16.3. The van der Waals surface area contributed by atoms with Crippen LogP contribution in [0.1, 0.15) is 0 Å². The molecule has 0 atom stereocenters. The van der Waals surface area contributed by atoms with Crippen molar-refractivity contribution in [3.05, 3.63) is 364 Å². The van der Waals surface area contributed by atoms with Crippen molar-refractivity contribution in [2.24, 2.45) is 0 Å². The maximum absolute atomic E-state index is 5.18. The monoisotopic (exact) mass is 1350 g/mol. The van der Waals surface area contributed by atoms with Gasteiger partial charge in [-0.25, -0.2) is 39.9 Å². The molecular weight excluding hydrogens is 1290 g/mol. The number of rotatable bonds is 9. The molecule has 21 aromatic rings. The second-order valence-corrected chi connectivity index (χ2v) is 27.0. The van der Waals surface area contributed by atoms with E-state index in [0.717, 1.165) is 166 Å². The third-order valence-corrected chi connectivity index (χ3v) is 20.5. The van der Waals surface area contributed by atoms with Crippen LogP contribution < -0.4 is 0 Å². The Morgan fingerprint density at radius 1 is 0.142 bits per heavy atom. The molecule has 0 spiro atoms. The average molecular weight is 1350 g/mol. The molecule has 7 heterocycles. The zero-order valence-electron chi connectivity index (χ0n) is 57.2. The van der Waals surface area contributed by atoms with Crippen LogP contribution in [0.4, 0.5) is 0 Å². The third kappa shape index (κ3) is 11.5. The van der Waals surface area contributed by atoms with Crippen LogP contribution in [0, 0.1) is 0 Å². The van der Waals surface area contributed by atoms with E-state index >= 15 is 0 Å².